The van der Waals surface area contributed by atoms with Crippen molar-refractivity contribution >= 4 is 11.6 Å². The van der Waals surface area contributed by atoms with E-state index in [1.54, 1.807) is 0 Å². The van der Waals surface area contributed by atoms with Gasteiger partial charge in [-0.3, -0.25) is 0 Å². The molecule has 4 heteroatoms. The van der Waals surface area contributed by atoms with Gasteiger partial charge in [-0.05, 0) is 108 Å². The summed E-state index contributed by atoms with van der Waals surface area (Å²) in [6.07, 6.45) is 39.9. The van der Waals surface area contributed by atoms with E-state index in [9.17, 15) is 0 Å². The summed E-state index contributed by atoms with van der Waals surface area (Å²) >= 11 is 6.55. The van der Waals surface area contributed by atoms with Crippen LogP contribution in [0.5, 0.6) is 17.2 Å². The Morgan fingerprint density at radius 3 is 0.690 bits per heavy atom. The minimum absolute atomic E-state index is 0.428. The Bertz CT molecular complexity index is 1270. The summed E-state index contributed by atoms with van der Waals surface area (Å²) in [4.78, 5) is 0. The standard InChI is InChI=1S/C67H127ClO3/c1-52(2)25-16-28-55(7)31-19-34-58(10)37-22-40-61(13)43-46-69-65-49-64(51-68)50-66(70-47-44-62(14)41-23-38-59(11)35-20-32-56(8)29-17-26-53(3)4)67(65)71-48-45-63(15)42-24-39-60(12)36-21-33-57(9)30-18-27-54(5)6/h49-50,52-63H,16-48,51H2,1-15H3. The lowest BCUT2D eigenvalue weighted by Crippen LogP contribution is -2.11. The summed E-state index contributed by atoms with van der Waals surface area (Å²) in [6, 6.07) is 4.22. The van der Waals surface area contributed by atoms with Gasteiger partial charge in [0.25, 0.3) is 0 Å². The van der Waals surface area contributed by atoms with E-state index < -0.39 is 0 Å². The molecule has 0 aliphatic carbocycles. The molecular weight excluding hydrogens is 888 g/mol. The van der Waals surface area contributed by atoms with Gasteiger partial charge < -0.3 is 14.2 Å². The average Bonchev–Trinajstić information content (AvgIpc) is 3.29. The van der Waals surface area contributed by atoms with Crippen LogP contribution in [-0.4, -0.2) is 19.8 Å². The molecule has 0 amide bonds. The summed E-state index contributed by atoms with van der Waals surface area (Å²) in [5, 5.41) is 0. The molecule has 9 unspecified atom stereocenters. The number of alkyl halides is 1. The summed E-state index contributed by atoms with van der Waals surface area (Å²) < 4.78 is 20.1. The highest BCUT2D eigenvalue weighted by molar-refractivity contribution is 6.17. The van der Waals surface area contributed by atoms with Crippen LogP contribution in [0.4, 0.5) is 0 Å². The maximum atomic E-state index is 6.74. The molecule has 71 heavy (non-hydrogen) atoms. The summed E-state index contributed by atoms with van der Waals surface area (Å²) in [7, 11) is 0. The molecule has 3 nitrogen and oxygen atoms in total. The van der Waals surface area contributed by atoms with E-state index in [1.165, 1.54) is 173 Å². The lowest BCUT2D eigenvalue weighted by atomic mass is 9.91. The lowest BCUT2D eigenvalue weighted by molar-refractivity contribution is 0.215. The van der Waals surface area contributed by atoms with Crippen molar-refractivity contribution in [2.75, 3.05) is 19.8 Å². The maximum Gasteiger partial charge on any atom is 0.203 e. The third-order valence-electron chi connectivity index (χ3n) is 16.6. The molecule has 9 atom stereocenters. The zero-order valence-electron chi connectivity index (χ0n) is 50.7. The molecule has 0 aliphatic rings. The Balaban J connectivity index is 2.76. The van der Waals surface area contributed by atoms with Crippen LogP contribution in [0.2, 0.25) is 0 Å². The normalized spacial score (nSPS) is 16.0. The molecule has 0 saturated heterocycles. The fourth-order valence-electron chi connectivity index (χ4n) is 11.0. The van der Waals surface area contributed by atoms with Gasteiger partial charge in [-0.25, -0.2) is 0 Å². The van der Waals surface area contributed by atoms with E-state index in [4.69, 9.17) is 25.8 Å². The summed E-state index contributed by atoms with van der Waals surface area (Å²) in [5.74, 6) is 12.3. The topological polar surface area (TPSA) is 27.7 Å². The highest BCUT2D eigenvalue weighted by atomic mass is 35.5. The first kappa shape index (κ1) is 67.9. The zero-order valence-corrected chi connectivity index (χ0v) is 51.5. The number of rotatable bonds is 49. The van der Waals surface area contributed by atoms with Gasteiger partial charge in [0.05, 0.1) is 19.8 Å². The Labute approximate surface area is 451 Å². The van der Waals surface area contributed by atoms with E-state index in [1.807, 2.05) is 0 Å². The second-order valence-corrected chi connectivity index (χ2v) is 26.7. The molecule has 0 aromatic heterocycles. The number of hydrogen-bond donors (Lipinski definition) is 0. The van der Waals surface area contributed by atoms with E-state index in [2.05, 4.69) is 116 Å². The van der Waals surface area contributed by atoms with Crippen molar-refractivity contribution in [3.63, 3.8) is 0 Å². The van der Waals surface area contributed by atoms with E-state index in [0.717, 1.165) is 95.3 Å². The van der Waals surface area contributed by atoms with E-state index >= 15 is 0 Å². The van der Waals surface area contributed by atoms with Crippen molar-refractivity contribution in [2.45, 2.75) is 302 Å². The van der Waals surface area contributed by atoms with Gasteiger partial charge in [0.2, 0.25) is 5.75 Å². The lowest BCUT2D eigenvalue weighted by Gasteiger charge is -2.21. The summed E-state index contributed by atoms with van der Waals surface area (Å²) in [5.41, 5.74) is 1.03. The minimum atomic E-state index is 0.428. The van der Waals surface area contributed by atoms with Crippen LogP contribution in [0.3, 0.4) is 0 Å². The predicted molar refractivity (Wildman–Crippen MR) is 318 cm³/mol. The second kappa shape index (κ2) is 43.1. The van der Waals surface area contributed by atoms with E-state index in [-0.39, 0.29) is 0 Å². The van der Waals surface area contributed by atoms with Crippen LogP contribution >= 0.6 is 11.6 Å². The zero-order chi connectivity index (χ0) is 52.8. The molecule has 0 saturated carbocycles. The van der Waals surface area contributed by atoms with Gasteiger partial charge in [-0.15, -0.1) is 11.6 Å². The predicted octanol–water partition coefficient (Wildman–Crippen LogP) is 23.0. The molecule has 0 aliphatic heterocycles. The smallest absolute Gasteiger partial charge is 0.203 e. The van der Waals surface area contributed by atoms with Crippen molar-refractivity contribution in [2.24, 2.45) is 71.0 Å². The van der Waals surface area contributed by atoms with Crippen LogP contribution < -0.4 is 14.2 Å². The maximum absolute atomic E-state index is 6.74. The van der Waals surface area contributed by atoms with Gasteiger partial charge in [0.15, 0.2) is 11.5 Å². The van der Waals surface area contributed by atoms with Crippen molar-refractivity contribution in [3.8, 4) is 17.2 Å². The number of ether oxygens (including phenoxy) is 3. The molecule has 0 fully saturated rings. The molecule has 1 rings (SSSR count). The molecule has 0 heterocycles. The first-order chi connectivity index (χ1) is 33.9. The van der Waals surface area contributed by atoms with E-state index in [0.29, 0.717) is 43.5 Å². The molecule has 0 N–H and O–H groups in total. The highest BCUT2D eigenvalue weighted by Crippen LogP contribution is 2.41. The van der Waals surface area contributed by atoms with Gasteiger partial charge in [0, 0.05) is 5.88 Å². The van der Waals surface area contributed by atoms with Crippen LogP contribution in [0, 0.1) is 71.0 Å². The number of benzene rings is 1. The Morgan fingerprint density at radius 1 is 0.282 bits per heavy atom. The van der Waals surface area contributed by atoms with Crippen LogP contribution in [0.15, 0.2) is 12.1 Å². The molecule has 0 spiro atoms. The number of hydrogen-bond acceptors (Lipinski definition) is 3. The average molecular weight is 1020 g/mol. The molecular formula is C67H127ClO3. The third-order valence-corrected chi connectivity index (χ3v) is 16.9. The Hall–Kier alpha value is -1.09. The van der Waals surface area contributed by atoms with Gasteiger partial charge in [0.1, 0.15) is 0 Å². The van der Waals surface area contributed by atoms with Gasteiger partial charge >= 0.3 is 0 Å². The Morgan fingerprint density at radius 2 is 0.479 bits per heavy atom. The molecule has 0 bridgehead atoms. The monoisotopic (exact) mass is 1010 g/mol. The summed E-state index contributed by atoms with van der Waals surface area (Å²) in [6.45, 7) is 38.2. The fraction of sp³-hybridized carbons (Fsp3) is 0.910. The molecule has 1 aromatic carbocycles. The largest absolute Gasteiger partial charge is 0.490 e. The number of halogens is 1. The van der Waals surface area contributed by atoms with Crippen molar-refractivity contribution < 1.29 is 14.2 Å². The second-order valence-electron chi connectivity index (χ2n) is 26.5. The van der Waals surface area contributed by atoms with Crippen LogP contribution in [-0.2, 0) is 5.88 Å². The van der Waals surface area contributed by atoms with Gasteiger partial charge in [-0.1, -0.05) is 277 Å². The molecule has 1 aromatic rings. The van der Waals surface area contributed by atoms with Gasteiger partial charge in [-0.2, -0.15) is 0 Å². The Kier molecular flexibility index (Phi) is 41.2. The van der Waals surface area contributed by atoms with Crippen molar-refractivity contribution in [1.29, 1.82) is 0 Å². The van der Waals surface area contributed by atoms with Crippen molar-refractivity contribution in [3.05, 3.63) is 17.7 Å². The third kappa shape index (κ3) is 39.0. The SMILES string of the molecule is CC(C)CCCC(C)CCCC(C)CCCC(C)CCOc1cc(CCl)cc(OCCC(C)CCCC(C)CCCC(C)CCCC(C)C)c1OCCC(C)CCCC(C)CCCC(C)CCCC(C)C. The highest BCUT2D eigenvalue weighted by Gasteiger charge is 2.19. The quantitative estimate of drug-likeness (QED) is 0.0609. The molecule has 0 radical (unpaired) electrons. The van der Waals surface area contributed by atoms with Crippen LogP contribution in [0.1, 0.15) is 302 Å². The molecule has 420 valence electrons. The van der Waals surface area contributed by atoms with Crippen LogP contribution in [0.25, 0.3) is 0 Å². The minimum Gasteiger partial charge on any atom is -0.490 e. The first-order valence-electron chi connectivity index (χ1n) is 31.5. The first-order valence-corrected chi connectivity index (χ1v) is 32.0. The van der Waals surface area contributed by atoms with Crippen molar-refractivity contribution in [1.82, 2.24) is 0 Å². The fourth-order valence-corrected chi connectivity index (χ4v) is 11.1.